The molecule has 1 aromatic carbocycles. The molecule has 0 aliphatic heterocycles. The molecule has 8 heteroatoms. The summed E-state index contributed by atoms with van der Waals surface area (Å²) in [6, 6.07) is 4.69. The van der Waals surface area contributed by atoms with Gasteiger partial charge in [0.2, 0.25) is 15.9 Å². The molecule has 0 aliphatic carbocycles. The number of nitrogens with one attached hydrogen (secondary N) is 1. The monoisotopic (exact) mass is 436 g/mol. The number of halogens is 2. The summed E-state index contributed by atoms with van der Waals surface area (Å²) < 4.78 is 25.5. The normalized spacial score (nSPS) is 12.6. The van der Waals surface area contributed by atoms with Gasteiger partial charge in [0.15, 0.2) is 0 Å². The van der Waals surface area contributed by atoms with Crippen LogP contribution in [0, 0.1) is 5.92 Å². The van der Waals surface area contributed by atoms with Gasteiger partial charge < -0.3 is 5.32 Å². The second-order valence-electron chi connectivity index (χ2n) is 6.76. The van der Waals surface area contributed by atoms with E-state index in [0.29, 0.717) is 34.6 Å². The zero-order valence-electron chi connectivity index (χ0n) is 16.3. The van der Waals surface area contributed by atoms with E-state index in [0.717, 1.165) is 25.5 Å². The number of amides is 1. The molecule has 1 atom stereocenters. The molecule has 0 spiro atoms. The number of nitrogens with zero attached hydrogens (tertiary/aromatic N) is 1. The fourth-order valence-electron chi connectivity index (χ4n) is 2.80. The number of carbonyl (C=O) groups is 1. The number of unbranched alkanes of at least 4 members (excludes halogenated alkanes) is 1. The highest BCUT2D eigenvalue weighted by Gasteiger charge is 2.18. The van der Waals surface area contributed by atoms with E-state index in [2.05, 4.69) is 19.2 Å². The lowest BCUT2D eigenvalue weighted by molar-refractivity contribution is -0.121. The molecule has 0 saturated carbocycles. The number of hydrogen-bond acceptors (Lipinski definition) is 3. The first kappa shape index (κ1) is 24.1. The van der Waals surface area contributed by atoms with Crippen molar-refractivity contribution in [3.63, 3.8) is 0 Å². The minimum Gasteiger partial charge on any atom is -0.356 e. The predicted molar refractivity (Wildman–Crippen MR) is 114 cm³/mol. The van der Waals surface area contributed by atoms with Crippen LogP contribution < -0.4 is 9.62 Å². The Kier molecular flexibility index (Phi) is 10.5. The molecule has 0 saturated heterocycles. The molecular formula is C19H30Cl2N2O3S. The van der Waals surface area contributed by atoms with Crippen molar-refractivity contribution >= 4 is 44.8 Å². The Labute approximate surface area is 173 Å². The van der Waals surface area contributed by atoms with Crippen LogP contribution in [0.2, 0.25) is 10.0 Å². The molecule has 0 heterocycles. The van der Waals surface area contributed by atoms with Crippen LogP contribution in [0.25, 0.3) is 0 Å². The number of hydrogen-bond donors (Lipinski definition) is 1. The van der Waals surface area contributed by atoms with Crippen LogP contribution in [-0.4, -0.2) is 33.7 Å². The van der Waals surface area contributed by atoms with Crippen LogP contribution in [0.4, 0.5) is 5.69 Å². The first-order valence-electron chi connectivity index (χ1n) is 9.38. The van der Waals surface area contributed by atoms with E-state index in [9.17, 15) is 13.2 Å². The highest BCUT2D eigenvalue weighted by molar-refractivity contribution is 7.92. The summed E-state index contributed by atoms with van der Waals surface area (Å²) in [6.07, 6.45) is 6.31. The third kappa shape index (κ3) is 8.71. The molecule has 1 N–H and O–H groups in total. The Morgan fingerprint density at radius 1 is 1.19 bits per heavy atom. The van der Waals surface area contributed by atoms with Gasteiger partial charge in [-0.25, -0.2) is 8.42 Å². The van der Waals surface area contributed by atoms with Gasteiger partial charge in [-0.2, -0.15) is 0 Å². The van der Waals surface area contributed by atoms with Gasteiger partial charge in [-0.15, -0.1) is 0 Å². The molecule has 0 aliphatic rings. The summed E-state index contributed by atoms with van der Waals surface area (Å²) in [5, 5.41) is 3.62. The molecule has 1 amide bonds. The van der Waals surface area contributed by atoms with Gasteiger partial charge in [-0.05, 0) is 37.0 Å². The van der Waals surface area contributed by atoms with E-state index >= 15 is 0 Å². The highest BCUT2D eigenvalue weighted by atomic mass is 35.5. The van der Waals surface area contributed by atoms with Crippen molar-refractivity contribution in [2.45, 2.75) is 52.4 Å². The fourth-order valence-corrected chi connectivity index (χ4v) is 4.05. The molecule has 0 fully saturated rings. The maximum Gasteiger partial charge on any atom is 0.232 e. The van der Waals surface area contributed by atoms with E-state index < -0.39 is 10.0 Å². The number of rotatable bonds is 12. The zero-order chi connectivity index (χ0) is 20.4. The second-order valence-corrected chi connectivity index (χ2v) is 9.48. The average Bonchev–Trinajstić information content (AvgIpc) is 2.60. The molecule has 27 heavy (non-hydrogen) atoms. The molecule has 0 unspecified atom stereocenters. The van der Waals surface area contributed by atoms with Gasteiger partial charge in [0.05, 0.1) is 22.0 Å². The van der Waals surface area contributed by atoms with Gasteiger partial charge in [-0.1, -0.05) is 56.3 Å². The standard InChI is InChI=1S/C19H30Cl2N2O3S/c1-4-6-8-15(5-2)14-22-19(24)9-7-12-23(27(3,25)26)16-10-11-17(20)18(21)13-16/h10-11,13,15H,4-9,12,14H2,1-3H3,(H,22,24)/t15-/m1/s1. The summed E-state index contributed by atoms with van der Waals surface area (Å²) in [5.74, 6) is 0.449. The van der Waals surface area contributed by atoms with Crippen molar-refractivity contribution < 1.29 is 13.2 Å². The van der Waals surface area contributed by atoms with Crippen LogP contribution in [0.15, 0.2) is 18.2 Å². The quantitative estimate of drug-likeness (QED) is 0.507. The number of anilines is 1. The van der Waals surface area contributed by atoms with Crippen molar-refractivity contribution in [3.05, 3.63) is 28.2 Å². The average molecular weight is 437 g/mol. The SMILES string of the molecule is CCCC[C@@H](CC)CNC(=O)CCCN(c1ccc(Cl)c(Cl)c1)S(C)(=O)=O. The largest absolute Gasteiger partial charge is 0.356 e. The van der Waals surface area contributed by atoms with E-state index in [1.54, 1.807) is 12.1 Å². The van der Waals surface area contributed by atoms with Crippen LogP contribution in [-0.2, 0) is 14.8 Å². The van der Waals surface area contributed by atoms with E-state index in [-0.39, 0.29) is 18.9 Å². The first-order valence-corrected chi connectivity index (χ1v) is 12.0. The van der Waals surface area contributed by atoms with E-state index in [1.165, 1.54) is 16.8 Å². The Morgan fingerprint density at radius 3 is 2.44 bits per heavy atom. The number of carbonyl (C=O) groups excluding carboxylic acids is 1. The number of sulfonamides is 1. The van der Waals surface area contributed by atoms with Crippen molar-refractivity contribution in [2.75, 3.05) is 23.7 Å². The smallest absolute Gasteiger partial charge is 0.232 e. The number of benzene rings is 1. The summed E-state index contributed by atoms with van der Waals surface area (Å²) in [5.41, 5.74) is 0.443. The Bertz CT molecular complexity index is 711. The van der Waals surface area contributed by atoms with Crippen LogP contribution in [0.5, 0.6) is 0 Å². The molecule has 0 aromatic heterocycles. The predicted octanol–water partition coefficient (Wildman–Crippen LogP) is 4.87. The first-order chi connectivity index (χ1) is 12.7. The molecule has 1 aromatic rings. The Morgan fingerprint density at radius 2 is 1.89 bits per heavy atom. The summed E-state index contributed by atoms with van der Waals surface area (Å²) in [4.78, 5) is 12.1. The minimum atomic E-state index is -3.49. The molecule has 0 radical (unpaired) electrons. The third-order valence-corrected chi connectivity index (χ3v) is 6.42. The van der Waals surface area contributed by atoms with E-state index in [4.69, 9.17) is 23.2 Å². The highest BCUT2D eigenvalue weighted by Crippen LogP contribution is 2.28. The van der Waals surface area contributed by atoms with Crippen molar-refractivity contribution in [3.8, 4) is 0 Å². The van der Waals surface area contributed by atoms with Gasteiger partial charge in [0.1, 0.15) is 0 Å². The Balaban J connectivity index is 2.57. The van der Waals surface area contributed by atoms with Gasteiger partial charge in [0, 0.05) is 19.5 Å². The maximum atomic E-state index is 12.1. The second kappa shape index (κ2) is 11.8. The summed E-state index contributed by atoms with van der Waals surface area (Å²) in [7, 11) is -3.49. The minimum absolute atomic E-state index is 0.0486. The third-order valence-electron chi connectivity index (χ3n) is 4.49. The van der Waals surface area contributed by atoms with Crippen molar-refractivity contribution in [1.82, 2.24) is 5.32 Å². The molecule has 0 bridgehead atoms. The molecule has 1 rings (SSSR count). The molecule has 154 valence electrons. The maximum absolute atomic E-state index is 12.1. The van der Waals surface area contributed by atoms with Gasteiger partial charge in [0.25, 0.3) is 0 Å². The van der Waals surface area contributed by atoms with Gasteiger partial charge in [-0.3, -0.25) is 9.10 Å². The lowest BCUT2D eigenvalue weighted by Gasteiger charge is -2.23. The molecular weight excluding hydrogens is 407 g/mol. The van der Waals surface area contributed by atoms with Crippen LogP contribution >= 0.6 is 23.2 Å². The Hall–Kier alpha value is -0.980. The topological polar surface area (TPSA) is 66.5 Å². The summed E-state index contributed by atoms with van der Waals surface area (Å²) >= 11 is 11.9. The fraction of sp³-hybridized carbons (Fsp3) is 0.632. The van der Waals surface area contributed by atoms with Crippen molar-refractivity contribution in [2.24, 2.45) is 5.92 Å². The lowest BCUT2D eigenvalue weighted by atomic mass is 9.99. The zero-order valence-corrected chi connectivity index (χ0v) is 18.6. The van der Waals surface area contributed by atoms with Crippen LogP contribution in [0.1, 0.15) is 52.4 Å². The van der Waals surface area contributed by atoms with Crippen LogP contribution in [0.3, 0.4) is 0 Å². The summed E-state index contributed by atoms with van der Waals surface area (Å²) in [6.45, 7) is 5.18. The molecule has 5 nitrogen and oxygen atoms in total. The van der Waals surface area contributed by atoms with E-state index in [1.807, 2.05) is 0 Å². The van der Waals surface area contributed by atoms with Gasteiger partial charge >= 0.3 is 0 Å². The van der Waals surface area contributed by atoms with Crippen molar-refractivity contribution in [1.29, 1.82) is 0 Å². The lowest BCUT2D eigenvalue weighted by Crippen LogP contribution is -2.33.